The van der Waals surface area contributed by atoms with E-state index in [1.807, 2.05) is 24.5 Å². The lowest BCUT2D eigenvalue weighted by Gasteiger charge is -2.08. The zero-order valence-corrected chi connectivity index (χ0v) is 6.83. The van der Waals surface area contributed by atoms with Crippen molar-refractivity contribution in [3.8, 4) is 0 Å². The van der Waals surface area contributed by atoms with Gasteiger partial charge in [-0.1, -0.05) is 6.92 Å². The monoisotopic (exact) mass is 150 g/mol. The Kier molecular flexibility index (Phi) is 3.05. The molecule has 60 valence electrons. The zero-order valence-electron chi connectivity index (χ0n) is 6.83. The lowest BCUT2D eigenvalue weighted by atomic mass is 9.99. The van der Waals surface area contributed by atoms with Gasteiger partial charge < -0.3 is 5.73 Å². The van der Waals surface area contributed by atoms with E-state index in [1.54, 1.807) is 0 Å². The number of aromatic nitrogens is 1. The Morgan fingerprint density at radius 3 is 2.64 bits per heavy atom. The Labute approximate surface area is 67.5 Å². The Morgan fingerprint density at radius 2 is 2.09 bits per heavy atom. The summed E-state index contributed by atoms with van der Waals surface area (Å²) in [5.74, 6) is 0.558. The molecule has 0 unspecified atom stereocenters. The summed E-state index contributed by atoms with van der Waals surface area (Å²) in [6.07, 6.45) is 4.69. The Morgan fingerprint density at radius 1 is 1.45 bits per heavy atom. The topological polar surface area (TPSA) is 38.9 Å². The lowest BCUT2D eigenvalue weighted by Crippen LogP contribution is -2.04. The maximum Gasteiger partial charge on any atom is 0.0270 e. The second-order valence-electron chi connectivity index (χ2n) is 2.76. The number of hydrogen-bond donors (Lipinski definition) is 1. The third-order valence-corrected chi connectivity index (χ3v) is 1.87. The predicted octanol–water partition coefficient (Wildman–Crippen LogP) is 1.53. The smallest absolute Gasteiger partial charge is 0.0270 e. The second kappa shape index (κ2) is 4.09. The molecule has 1 aromatic rings. The molecule has 2 N–H and O–H groups in total. The lowest BCUT2D eigenvalue weighted by molar-refractivity contribution is 0.689. The van der Waals surface area contributed by atoms with Crippen molar-refractivity contribution in [1.82, 2.24) is 4.98 Å². The summed E-state index contributed by atoms with van der Waals surface area (Å²) in [5, 5.41) is 0. The van der Waals surface area contributed by atoms with Crippen LogP contribution in [0.25, 0.3) is 0 Å². The van der Waals surface area contributed by atoms with Crippen LogP contribution < -0.4 is 5.73 Å². The van der Waals surface area contributed by atoms with E-state index in [0.29, 0.717) is 5.92 Å². The molecule has 0 aromatic carbocycles. The normalized spacial score (nSPS) is 12.9. The highest BCUT2D eigenvalue weighted by atomic mass is 14.6. The fourth-order valence-corrected chi connectivity index (χ4v) is 1.11. The molecule has 0 saturated heterocycles. The minimum atomic E-state index is 0.558. The number of nitrogens with two attached hydrogens (primary N) is 1. The van der Waals surface area contributed by atoms with Crippen LogP contribution >= 0.6 is 0 Å². The highest BCUT2D eigenvalue weighted by Gasteiger charge is 2.01. The van der Waals surface area contributed by atoms with Gasteiger partial charge in [-0.3, -0.25) is 4.98 Å². The highest BCUT2D eigenvalue weighted by Crippen LogP contribution is 2.16. The first kappa shape index (κ1) is 8.21. The summed E-state index contributed by atoms with van der Waals surface area (Å²) in [6.45, 7) is 2.94. The quantitative estimate of drug-likeness (QED) is 0.709. The average Bonchev–Trinajstić information content (AvgIpc) is 2.07. The molecule has 0 fully saturated rings. The molecular weight excluding hydrogens is 136 g/mol. The van der Waals surface area contributed by atoms with E-state index in [2.05, 4.69) is 11.9 Å². The average molecular weight is 150 g/mol. The molecule has 0 aliphatic heterocycles. The highest BCUT2D eigenvalue weighted by molar-refractivity contribution is 5.14. The molecule has 0 aliphatic carbocycles. The van der Waals surface area contributed by atoms with Crippen molar-refractivity contribution in [1.29, 1.82) is 0 Å². The van der Waals surface area contributed by atoms with Gasteiger partial charge in [0.2, 0.25) is 0 Å². The van der Waals surface area contributed by atoms with Crippen LogP contribution in [0.1, 0.15) is 24.8 Å². The molecule has 0 spiro atoms. The number of pyridine rings is 1. The van der Waals surface area contributed by atoms with E-state index in [1.165, 1.54) is 5.56 Å². The number of rotatable bonds is 3. The number of nitrogens with zero attached hydrogens (tertiary/aromatic N) is 1. The first-order chi connectivity index (χ1) is 5.34. The third kappa shape index (κ3) is 2.31. The van der Waals surface area contributed by atoms with Crippen LogP contribution in [0.15, 0.2) is 24.5 Å². The van der Waals surface area contributed by atoms with Gasteiger partial charge in [0, 0.05) is 12.4 Å². The van der Waals surface area contributed by atoms with E-state index in [0.717, 1.165) is 13.0 Å². The largest absolute Gasteiger partial charge is 0.330 e. The zero-order chi connectivity index (χ0) is 8.10. The van der Waals surface area contributed by atoms with Crippen molar-refractivity contribution in [2.24, 2.45) is 5.73 Å². The van der Waals surface area contributed by atoms with Gasteiger partial charge in [-0.2, -0.15) is 0 Å². The Hall–Kier alpha value is -0.890. The van der Waals surface area contributed by atoms with Crippen LogP contribution in [0.3, 0.4) is 0 Å². The van der Waals surface area contributed by atoms with Crippen LogP contribution in [0.4, 0.5) is 0 Å². The van der Waals surface area contributed by atoms with Gasteiger partial charge in [-0.05, 0) is 36.6 Å². The van der Waals surface area contributed by atoms with Crippen LogP contribution in [-0.4, -0.2) is 11.5 Å². The SMILES string of the molecule is C[C@H](CCN)c1ccncc1. The summed E-state index contributed by atoms with van der Waals surface area (Å²) in [6, 6.07) is 4.08. The van der Waals surface area contributed by atoms with Gasteiger partial charge in [0.15, 0.2) is 0 Å². The van der Waals surface area contributed by atoms with Gasteiger partial charge in [0.25, 0.3) is 0 Å². The molecule has 1 atom stereocenters. The Bertz CT molecular complexity index is 196. The molecule has 2 heteroatoms. The Balaban J connectivity index is 2.61. The summed E-state index contributed by atoms with van der Waals surface area (Å²) in [7, 11) is 0. The van der Waals surface area contributed by atoms with Crippen molar-refractivity contribution in [2.75, 3.05) is 6.54 Å². The maximum atomic E-state index is 5.45. The second-order valence-corrected chi connectivity index (χ2v) is 2.76. The molecule has 1 heterocycles. The van der Waals surface area contributed by atoms with E-state index in [4.69, 9.17) is 5.73 Å². The fourth-order valence-electron chi connectivity index (χ4n) is 1.11. The van der Waals surface area contributed by atoms with Crippen LogP contribution in [0.5, 0.6) is 0 Å². The first-order valence-electron chi connectivity index (χ1n) is 3.94. The molecule has 2 nitrogen and oxygen atoms in total. The fraction of sp³-hybridized carbons (Fsp3) is 0.444. The molecule has 0 radical (unpaired) electrons. The van der Waals surface area contributed by atoms with Gasteiger partial charge in [-0.15, -0.1) is 0 Å². The molecule has 0 aliphatic rings. The molecular formula is C9H14N2. The van der Waals surface area contributed by atoms with Gasteiger partial charge in [0.05, 0.1) is 0 Å². The molecule has 1 rings (SSSR count). The van der Waals surface area contributed by atoms with Crippen molar-refractivity contribution in [3.63, 3.8) is 0 Å². The van der Waals surface area contributed by atoms with Crippen LogP contribution in [-0.2, 0) is 0 Å². The minimum Gasteiger partial charge on any atom is -0.330 e. The van der Waals surface area contributed by atoms with Crippen LogP contribution in [0.2, 0.25) is 0 Å². The molecule has 1 aromatic heterocycles. The minimum absolute atomic E-state index is 0.558. The van der Waals surface area contributed by atoms with E-state index in [9.17, 15) is 0 Å². The van der Waals surface area contributed by atoms with Crippen molar-refractivity contribution in [2.45, 2.75) is 19.3 Å². The third-order valence-electron chi connectivity index (χ3n) is 1.87. The summed E-state index contributed by atoms with van der Waals surface area (Å²) < 4.78 is 0. The summed E-state index contributed by atoms with van der Waals surface area (Å²) in [5.41, 5.74) is 6.78. The van der Waals surface area contributed by atoms with Crippen molar-refractivity contribution in [3.05, 3.63) is 30.1 Å². The molecule has 11 heavy (non-hydrogen) atoms. The molecule has 0 amide bonds. The molecule has 0 saturated carbocycles. The number of hydrogen-bond acceptors (Lipinski definition) is 2. The summed E-state index contributed by atoms with van der Waals surface area (Å²) >= 11 is 0. The summed E-state index contributed by atoms with van der Waals surface area (Å²) in [4.78, 5) is 3.96. The van der Waals surface area contributed by atoms with Gasteiger partial charge in [0.1, 0.15) is 0 Å². The predicted molar refractivity (Wildman–Crippen MR) is 46.3 cm³/mol. The van der Waals surface area contributed by atoms with Crippen molar-refractivity contribution >= 4 is 0 Å². The van der Waals surface area contributed by atoms with Crippen LogP contribution in [0, 0.1) is 0 Å². The standard InChI is InChI=1S/C9H14N2/c1-8(2-5-10)9-3-6-11-7-4-9/h3-4,6-8H,2,5,10H2,1H3/t8-/m1/s1. The first-order valence-corrected chi connectivity index (χ1v) is 3.94. The van der Waals surface area contributed by atoms with E-state index >= 15 is 0 Å². The van der Waals surface area contributed by atoms with E-state index in [-0.39, 0.29) is 0 Å². The van der Waals surface area contributed by atoms with Crippen molar-refractivity contribution < 1.29 is 0 Å². The molecule has 0 bridgehead atoms. The van der Waals surface area contributed by atoms with Gasteiger partial charge in [-0.25, -0.2) is 0 Å². The maximum absolute atomic E-state index is 5.45. The van der Waals surface area contributed by atoms with Gasteiger partial charge >= 0.3 is 0 Å². The van der Waals surface area contributed by atoms with E-state index < -0.39 is 0 Å².